The minimum atomic E-state index is -0.973. The number of carbonyl (C=O) groups excluding carboxylic acids is 4. The van der Waals surface area contributed by atoms with E-state index in [2.05, 4.69) is 4.74 Å². The lowest BCUT2D eigenvalue weighted by Crippen LogP contribution is -2.20. The number of aromatic hydroxyl groups is 1. The third-order valence-corrected chi connectivity index (χ3v) is 4.53. The maximum Gasteiger partial charge on any atom is 0.339 e. The van der Waals surface area contributed by atoms with Gasteiger partial charge in [-0.05, 0) is 35.7 Å². The smallest absolute Gasteiger partial charge is 0.339 e. The number of hydrogen-bond acceptors (Lipinski definition) is 8. The van der Waals surface area contributed by atoms with Gasteiger partial charge in [-0.25, -0.2) is 14.4 Å². The van der Waals surface area contributed by atoms with E-state index in [1.807, 2.05) is 13.8 Å². The van der Waals surface area contributed by atoms with Gasteiger partial charge in [-0.3, -0.25) is 4.79 Å². The Kier molecular flexibility index (Phi) is 6.94. The van der Waals surface area contributed by atoms with Gasteiger partial charge >= 0.3 is 17.9 Å². The van der Waals surface area contributed by atoms with Crippen LogP contribution < -0.4 is 0 Å². The first-order chi connectivity index (χ1) is 14.2. The van der Waals surface area contributed by atoms with Gasteiger partial charge in [0.25, 0.3) is 0 Å². The lowest BCUT2D eigenvalue weighted by Gasteiger charge is -2.14. The summed E-state index contributed by atoms with van der Waals surface area (Å²) in [5.41, 5.74) is -0.375. The van der Waals surface area contributed by atoms with E-state index in [0.717, 1.165) is 39.0 Å². The number of rotatable bonds is 6. The van der Waals surface area contributed by atoms with Crippen LogP contribution in [0, 0.1) is 0 Å². The molecule has 0 bridgehead atoms. The molecule has 0 aliphatic rings. The van der Waals surface area contributed by atoms with E-state index in [1.165, 1.54) is 12.1 Å². The molecule has 1 N–H and O–H groups in total. The van der Waals surface area contributed by atoms with Crippen LogP contribution in [0.4, 0.5) is 0 Å². The largest absolute Gasteiger partial charge is 0.507 e. The molecular formula is C22H22O8. The molecule has 0 saturated carbocycles. The Balaban J connectivity index is 2.79. The number of phenols is 1. The minimum absolute atomic E-state index is 0.0151. The zero-order chi connectivity index (χ0) is 22.6. The molecule has 0 aliphatic carbocycles. The quantitative estimate of drug-likeness (QED) is 0.435. The number of ether oxygens (including phenoxy) is 3. The molecule has 0 amide bonds. The van der Waals surface area contributed by atoms with Crippen LogP contribution in [0.2, 0.25) is 0 Å². The summed E-state index contributed by atoms with van der Waals surface area (Å²) in [4.78, 5) is 50.0. The van der Waals surface area contributed by atoms with Crippen LogP contribution in [0.1, 0.15) is 72.3 Å². The van der Waals surface area contributed by atoms with Crippen LogP contribution in [0.5, 0.6) is 5.75 Å². The molecule has 2 aromatic rings. The highest BCUT2D eigenvalue weighted by Gasteiger charge is 2.29. The predicted molar refractivity (Wildman–Crippen MR) is 106 cm³/mol. The van der Waals surface area contributed by atoms with Gasteiger partial charge in [0.2, 0.25) is 0 Å². The van der Waals surface area contributed by atoms with E-state index < -0.39 is 23.7 Å². The van der Waals surface area contributed by atoms with Gasteiger partial charge in [-0.1, -0.05) is 19.9 Å². The van der Waals surface area contributed by atoms with Crippen LogP contribution >= 0.6 is 0 Å². The van der Waals surface area contributed by atoms with Gasteiger partial charge in [0.1, 0.15) is 5.75 Å². The van der Waals surface area contributed by atoms with Gasteiger partial charge in [0.05, 0.1) is 43.6 Å². The molecule has 0 spiro atoms. The molecule has 30 heavy (non-hydrogen) atoms. The van der Waals surface area contributed by atoms with Crippen molar-refractivity contribution in [2.45, 2.75) is 19.8 Å². The molecule has 0 heterocycles. The van der Waals surface area contributed by atoms with Crippen molar-refractivity contribution in [3.8, 4) is 5.75 Å². The second-order valence-electron chi connectivity index (χ2n) is 6.68. The molecule has 0 aliphatic heterocycles. The Morgan fingerprint density at radius 3 is 1.70 bits per heavy atom. The van der Waals surface area contributed by atoms with Crippen LogP contribution in [0.15, 0.2) is 30.3 Å². The Morgan fingerprint density at radius 1 is 0.767 bits per heavy atom. The van der Waals surface area contributed by atoms with Crippen LogP contribution in [-0.4, -0.2) is 50.1 Å². The molecule has 158 valence electrons. The first kappa shape index (κ1) is 22.6. The van der Waals surface area contributed by atoms with E-state index in [-0.39, 0.29) is 39.5 Å². The van der Waals surface area contributed by atoms with Gasteiger partial charge in [-0.15, -0.1) is 0 Å². The number of carbonyl (C=O) groups is 4. The molecule has 0 saturated heterocycles. The number of ketones is 1. The highest BCUT2D eigenvalue weighted by Crippen LogP contribution is 2.28. The lowest BCUT2D eigenvalue weighted by atomic mass is 9.91. The molecule has 0 atom stereocenters. The van der Waals surface area contributed by atoms with Crippen molar-refractivity contribution in [1.82, 2.24) is 0 Å². The normalized spacial score (nSPS) is 10.5. The second-order valence-corrected chi connectivity index (χ2v) is 6.68. The zero-order valence-electron chi connectivity index (χ0n) is 17.3. The van der Waals surface area contributed by atoms with Gasteiger partial charge in [0.15, 0.2) is 5.78 Å². The topological polar surface area (TPSA) is 116 Å². The lowest BCUT2D eigenvalue weighted by molar-refractivity contribution is 0.0535. The second kappa shape index (κ2) is 9.21. The summed E-state index contributed by atoms with van der Waals surface area (Å²) in [5, 5.41) is 10.2. The summed E-state index contributed by atoms with van der Waals surface area (Å²) in [6.45, 7) is 3.85. The Bertz CT molecular complexity index is 983. The van der Waals surface area contributed by atoms with Gasteiger partial charge < -0.3 is 19.3 Å². The maximum absolute atomic E-state index is 13.1. The summed E-state index contributed by atoms with van der Waals surface area (Å²) in [7, 11) is 3.26. The molecule has 2 aromatic carbocycles. The maximum atomic E-state index is 13.1. The first-order valence-corrected chi connectivity index (χ1v) is 8.96. The molecule has 0 radical (unpaired) electrons. The van der Waals surface area contributed by atoms with Crippen molar-refractivity contribution >= 4 is 23.7 Å². The van der Waals surface area contributed by atoms with Crippen LogP contribution in [-0.2, 0) is 14.2 Å². The molecule has 0 aromatic heterocycles. The molecule has 0 fully saturated rings. The fourth-order valence-corrected chi connectivity index (χ4v) is 2.89. The number of esters is 3. The fourth-order valence-electron chi connectivity index (χ4n) is 2.89. The van der Waals surface area contributed by atoms with E-state index in [4.69, 9.17) is 9.47 Å². The number of phenolic OH excluding ortho intramolecular Hbond substituents is 1. The van der Waals surface area contributed by atoms with E-state index in [9.17, 15) is 24.3 Å². The minimum Gasteiger partial charge on any atom is -0.507 e. The summed E-state index contributed by atoms with van der Waals surface area (Å²) >= 11 is 0. The summed E-state index contributed by atoms with van der Waals surface area (Å²) in [6.07, 6.45) is 0. The molecule has 8 heteroatoms. The third kappa shape index (κ3) is 4.32. The highest BCUT2D eigenvalue weighted by atomic mass is 16.5. The fraction of sp³-hybridized carbons (Fsp3) is 0.273. The van der Waals surface area contributed by atoms with Gasteiger partial charge in [-0.2, -0.15) is 0 Å². The molecule has 2 rings (SSSR count). The van der Waals surface area contributed by atoms with Crippen molar-refractivity contribution in [3.05, 3.63) is 63.7 Å². The number of benzene rings is 2. The number of hydrogen-bond donors (Lipinski definition) is 1. The average Bonchev–Trinajstić information content (AvgIpc) is 2.76. The Morgan fingerprint density at radius 2 is 1.27 bits per heavy atom. The highest BCUT2D eigenvalue weighted by molar-refractivity contribution is 6.16. The summed E-state index contributed by atoms with van der Waals surface area (Å²) in [6, 6.07) is 6.86. The zero-order valence-corrected chi connectivity index (χ0v) is 17.3. The third-order valence-electron chi connectivity index (χ3n) is 4.53. The van der Waals surface area contributed by atoms with Crippen LogP contribution in [0.25, 0.3) is 0 Å². The average molecular weight is 414 g/mol. The van der Waals surface area contributed by atoms with E-state index in [1.54, 1.807) is 6.07 Å². The summed E-state index contributed by atoms with van der Waals surface area (Å²) in [5.74, 6) is -3.69. The molecule has 8 nitrogen and oxygen atoms in total. The Labute approximate surface area is 173 Å². The Hall–Kier alpha value is -3.68. The summed E-state index contributed by atoms with van der Waals surface area (Å²) < 4.78 is 14.1. The predicted octanol–water partition coefficient (Wildman–Crippen LogP) is 3.11. The van der Waals surface area contributed by atoms with Gasteiger partial charge in [0, 0.05) is 5.56 Å². The SMILES string of the molecule is COC(=O)c1cc(C(=O)c2cc(C(C)C)ccc2O)cc(C(=O)OC)c1C(=O)OC. The first-order valence-electron chi connectivity index (χ1n) is 8.96. The number of methoxy groups -OCH3 is 3. The van der Waals surface area contributed by atoms with Crippen LogP contribution in [0.3, 0.4) is 0 Å². The van der Waals surface area contributed by atoms with E-state index in [0.29, 0.717) is 0 Å². The van der Waals surface area contributed by atoms with Crippen molar-refractivity contribution < 1.29 is 38.5 Å². The van der Waals surface area contributed by atoms with Crippen molar-refractivity contribution in [3.63, 3.8) is 0 Å². The molecular weight excluding hydrogens is 392 g/mol. The van der Waals surface area contributed by atoms with Crippen molar-refractivity contribution in [2.24, 2.45) is 0 Å². The molecule has 0 unspecified atom stereocenters. The monoisotopic (exact) mass is 414 g/mol. The van der Waals surface area contributed by atoms with Crippen molar-refractivity contribution in [1.29, 1.82) is 0 Å². The standard InChI is InChI=1S/C22H22O8/c1-11(2)12-6-7-17(23)14(8-12)19(24)13-9-15(20(25)28-3)18(22(27)30-5)16(10-13)21(26)29-4/h6-11,23H,1-5H3. The van der Waals surface area contributed by atoms with Crippen molar-refractivity contribution in [2.75, 3.05) is 21.3 Å². The van der Waals surface area contributed by atoms with E-state index >= 15 is 0 Å².